The zero-order valence-electron chi connectivity index (χ0n) is 7.56. The number of aliphatic hydroxyl groups excluding tert-OH is 2. The zero-order valence-corrected chi connectivity index (χ0v) is 7.56. The summed E-state index contributed by atoms with van der Waals surface area (Å²) >= 11 is 0. The van der Waals surface area contributed by atoms with Gasteiger partial charge in [0.1, 0.15) is 25.5 Å². The molecule has 0 saturated heterocycles. The van der Waals surface area contributed by atoms with Gasteiger partial charge in [0.05, 0.1) is 13.2 Å². The maximum absolute atomic E-state index is 8.77. The van der Waals surface area contributed by atoms with Crippen LogP contribution in [0.15, 0.2) is 19.0 Å². The summed E-state index contributed by atoms with van der Waals surface area (Å²) in [4.78, 5) is 0. The lowest BCUT2D eigenvalue weighted by Crippen LogP contribution is -2.37. The van der Waals surface area contributed by atoms with E-state index in [4.69, 9.17) is 10.2 Å². The summed E-state index contributed by atoms with van der Waals surface area (Å²) in [6.45, 7) is 5.01. The SMILES string of the molecule is C=Cc1n(CCO)cc[n+]1CCO. The van der Waals surface area contributed by atoms with Gasteiger partial charge < -0.3 is 10.2 Å². The van der Waals surface area contributed by atoms with Crippen molar-refractivity contribution in [3.8, 4) is 0 Å². The van der Waals surface area contributed by atoms with Crippen molar-refractivity contribution < 1.29 is 14.8 Å². The molecule has 2 N–H and O–H groups in total. The summed E-state index contributed by atoms with van der Waals surface area (Å²) in [5, 5.41) is 17.5. The second-order valence-corrected chi connectivity index (χ2v) is 2.69. The Hall–Kier alpha value is -1.13. The number of aromatic nitrogens is 2. The molecule has 0 aliphatic rings. The van der Waals surface area contributed by atoms with Gasteiger partial charge in [0.2, 0.25) is 0 Å². The van der Waals surface area contributed by atoms with Crippen LogP contribution in [0.4, 0.5) is 0 Å². The summed E-state index contributed by atoms with van der Waals surface area (Å²) in [5.74, 6) is 0.906. The fourth-order valence-corrected chi connectivity index (χ4v) is 1.31. The molecular formula is C9H15N2O2+. The van der Waals surface area contributed by atoms with Gasteiger partial charge >= 0.3 is 0 Å². The van der Waals surface area contributed by atoms with Gasteiger partial charge in [-0.25, -0.2) is 9.13 Å². The molecule has 0 unspecified atom stereocenters. The average molecular weight is 183 g/mol. The Morgan fingerprint density at radius 2 is 2.23 bits per heavy atom. The molecule has 0 fully saturated rings. The lowest BCUT2D eigenvalue weighted by Gasteiger charge is -1.97. The Labute approximate surface area is 77.4 Å². The summed E-state index contributed by atoms with van der Waals surface area (Å²) in [6, 6.07) is 0. The van der Waals surface area contributed by atoms with Gasteiger partial charge in [-0.2, -0.15) is 0 Å². The summed E-state index contributed by atoms with van der Waals surface area (Å²) in [7, 11) is 0. The van der Waals surface area contributed by atoms with Crippen LogP contribution in [0.3, 0.4) is 0 Å². The molecule has 0 aliphatic carbocycles. The van der Waals surface area contributed by atoms with E-state index in [0.29, 0.717) is 13.1 Å². The van der Waals surface area contributed by atoms with Crippen LogP contribution in [-0.4, -0.2) is 28.0 Å². The molecule has 1 heterocycles. The Kier molecular flexibility index (Phi) is 3.67. The van der Waals surface area contributed by atoms with Crippen LogP contribution in [0.1, 0.15) is 5.82 Å². The van der Waals surface area contributed by atoms with Crippen molar-refractivity contribution in [3.63, 3.8) is 0 Å². The largest absolute Gasteiger partial charge is 0.392 e. The first-order valence-corrected chi connectivity index (χ1v) is 4.26. The summed E-state index contributed by atoms with van der Waals surface area (Å²) in [5.41, 5.74) is 0. The van der Waals surface area contributed by atoms with Crippen molar-refractivity contribution in [2.24, 2.45) is 0 Å². The molecule has 1 aromatic heterocycles. The van der Waals surface area contributed by atoms with E-state index in [9.17, 15) is 0 Å². The first kappa shape index (κ1) is 9.95. The van der Waals surface area contributed by atoms with Crippen molar-refractivity contribution in [1.29, 1.82) is 0 Å². The highest BCUT2D eigenvalue weighted by Gasteiger charge is 2.11. The maximum atomic E-state index is 8.77. The summed E-state index contributed by atoms with van der Waals surface area (Å²) < 4.78 is 3.78. The normalized spacial score (nSPS) is 10.3. The summed E-state index contributed by atoms with van der Waals surface area (Å²) in [6.07, 6.45) is 5.44. The monoisotopic (exact) mass is 183 g/mol. The number of aliphatic hydroxyl groups is 2. The topological polar surface area (TPSA) is 49.3 Å². The van der Waals surface area contributed by atoms with Crippen LogP contribution in [-0.2, 0) is 13.1 Å². The third-order valence-electron chi connectivity index (χ3n) is 1.88. The molecule has 0 aliphatic heterocycles. The van der Waals surface area contributed by atoms with Crippen molar-refractivity contribution in [3.05, 3.63) is 24.8 Å². The Morgan fingerprint density at radius 1 is 1.46 bits per heavy atom. The van der Waals surface area contributed by atoms with Crippen LogP contribution in [0, 0.1) is 0 Å². The molecule has 0 amide bonds. The molecule has 72 valence electrons. The van der Waals surface area contributed by atoms with E-state index in [-0.39, 0.29) is 13.2 Å². The van der Waals surface area contributed by atoms with E-state index in [0.717, 1.165) is 5.82 Å². The molecule has 4 nitrogen and oxygen atoms in total. The van der Waals surface area contributed by atoms with Crippen LogP contribution in [0.2, 0.25) is 0 Å². The molecule has 0 saturated carbocycles. The molecular weight excluding hydrogens is 168 g/mol. The Balaban J connectivity index is 2.89. The van der Waals surface area contributed by atoms with Gasteiger partial charge in [-0.1, -0.05) is 6.58 Å². The first-order chi connectivity index (χ1) is 6.33. The highest BCUT2D eigenvalue weighted by atomic mass is 16.3. The predicted molar refractivity (Wildman–Crippen MR) is 48.9 cm³/mol. The molecule has 0 aromatic carbocycles. The van der Waals surface area contributed by atoms with Gasteiger partial charge in [-0.15, -0.1) is 0 Å². The third-order valence-corrected chi connectivity index (χ3v) is 1.88. The fourth-order valence-electron chi connectivity index (χ4n) is 1.31. The maximum Gasteiger partial charge on any atom is 0.280 e. The third kappa shape index (κ3) is 2.17. The van der Waals surface area contributed by atoms with Crippen molar-refractivity contribution in [2.45, 2.75) is 13.1 Å². The predicted octanol–water partition coefficient (Wildman–Crippen LogP) is -0.597. The fraction of sp³-hybridized carbons (Fsp3) is 0.444. The van der Waals surface area contributed by atoms with Gasteiger partial charge in [-0.05, 0) is 0 Å². The zero-order chi connectivity index (χ0) is 9.68. The number of imidazole rings is 1. The molecule has 0 spiro atoms. The molecule has 0 radical (unpaired) electrons. The molecule has 1 aromatic rings. The Morgan fingerprint density at radius 3 is 2.77 bits per heavy atom. The minimum Gasteiger partial charge on any atom is -0.392 e. The number of hydrogen-bond acceptors (Lipinski definition) is 2. The molecule has 1 rings (SSSR count). The standard InChI is InChI=1S/C9H15N2O2/c1-2-9-10(5-7-12)3-4-11(9)6-8-13/h2-4,12-13H,1,5-8H2/q+1. The van der Waals surface area contributed by atoms with Crippen molar-refractivity contribution >= 4 is 6.08 Å². The van der Waals surface area contributed by atoms with Crippen molar-refractivity contribution in [2.75, 3.05) is 13.2 Å². The van der Waals surface area contributed by atoms with E-state index in [2.05, 4.69) is 6.58 Å². The highest BCUT2D eigenvalue weighted by molar-refractivity contribution is 5.32. The van der Waals surface area contributed by atoms with Crippen LogP contribution in [0.5, 0.6) is 0 Å². The highest BCUT2D eigenvalue weighted by Crippen LogP contribution is 1.96. The first-order valence-electron chi connectivity index (χ1n) is 4.26. The quantitative estimate of drug-likeness (QED) is 0.599. The second kappa shape index (κ2) is 4.79. The van der Waals surface area contributed by atoms with Crippen LogP contribution in [0.25, 0.3) is 6.08 Å². The van der Waals surface area contributed by atoms with Crippen LogP contribution >= 0.6 is 0 Å². The number of hydrogen-bond donors (Lipinski definition) is 2. The Bertz CT molecular complexity index is 258. The van der Waals surface area contributed by atoms with E-state index in [1.165, 1.54) is 0 Å². The minimum atomic E-state index is 0.106. The molecule has 4 heteroatoms. The van der Waals surface area contributed by atoms with E-state index in [1.54, 1.807) is 6.08 Å². The number of nitrogens with zero attached hydrogens (tertiary/aromatic N) is 2. The van der Waals surface area contributed by atoms with Crippen LogP contribution < -0.4 is 4.57 Å². The molecule has 0 bridgehead atoms. The smallest absolute Gasteiger partial charge is 0.280 e. The average Bonchev–Trinajstić information content (AvgIpc) is 2.49. The number of rotatable bonds is 5. The van der Waals surface area contributed by atoms with E-state index in [1.807, 2.05) is 21.5 Å². The van der Waals surface area contributed by atoms with E-state index < -0.39 is 0 Å². The lowest BCUT2D eigenvalue weighted by atomic mass is 10.5. The molecule has 13 heavy (non-hydrogen) atoms. The van der Waals surface area contributed by atoms with Gasteiger partial charge in [0.15, 0.2) is 0 Å². The second-order valence-electron chi connectivity index (χ2n) is 2.69. The molecule has 0 atom stereocenters. The van der Waals surface area contributed by atoms with E-state index >= 15 is 0 Å². The van der Waals surface area contributed by atoms with Gasteiger partial charge in [0, 0.05) is 6.08 Å². The van der Waals surface area contributed by atoms with Gasteiger partial charge in [-0.3, -0.25) is 0 Å². The van der Waals surface area contributed by atoms with Crippen molar-refractivity contribution in [1.82, 2.24) is 4.57 Å². The lowest BCUT2D eigenvalue weighted by molar-refractivity contribution is -0.699. The minimum absolute atomic E-state index is 0.106. The van der Waals surface area contributed by atoms with Gasteiger partial charge in [0.25, 0.3) is 5.82 Å².